The summed E-state index contributed by atoms with van der Waals surface area (Å²) >= 11 is 0. The first-order valence-electron chi connectivity index (χ1n) is 6.24. The van der Waals surface area contributed by atoms with Gasteiger partial charge >= 0.3 is 0 Å². The van der Waals surface area contributed by atoms with Crippen LogP contribution in [0, 0.1) is 5.92 Å². The fraction of sp³-hybridized carbons (Fsp3) is 0.333. The summed E-state index contributed by atoms with van der Waals surface area (Å²) in [6.45, 7) is 6.21. The highest BCUT2D eigenvalue weighted by Gasteiger charge is 2.14. The Morgan fingerprint density at radius 2 is 1.89 bits per heavy atom. The van der Waals surface area contributed by atoms with Crippen LogP contribution in [0.15, 0.2) is 36.5 Å². The lowest BCUT2D eigenvalue weighted by molar-refractivity contribution is 0.0932. The number of benzene rings is 1. The van der Waals surface area contributed by atoms with Gasteiger partial charge in [0.1, 0.15) is 0 Å². The number of fused-ring (bicyclic) bond motifs is 1. The van der Waals surface area contributed by atoms with Crippen molar-refractivity contribution in [3.8, 4) is 0 Å². The Hall–Kier alpha value is -1.90. The third kappa shape index (κ3) is 2.50. The van der Waals surface area contributed by atoms with Gasteiger partial charge in [-0.1, -0.05) is 32.0 Å². The third-order valence-corrected chi connectivity index (χ3v) is 3.25. The van der Waals surface area contributed by atoms with Gasteiger partial charge in [0.2, 0.25) is 0 Å². The normalized spacial score (nSPS) is 12.7. The fourth-order valence-corrected chi connectivity index (χ4v) is 1.75. The van der Waals surface area contributed by atoms with Gasteiger partial charge in [-0.15, -0.1) is 0 Å². The summed E-state index contributed by atoms with van der Waals surface area (Å²) in [6.07, 6.45) is 1.68. The van der Waals surface area contributed by atoms with E-state index < -0.39 is 0 Å². The SMILES string of the molecule is CC(C)C(C)NC(=O)c1ccnc2ccccc12. The van der Waals surface area contributed by atoms with Crippen molar-refractivity contribution in [2.75, 3.05) is 0 Å². The standard InChI is InChI=1S/C15H18N2O/c1-10(2)11(3)17-15(18)13-8-9-16-14-7-5-4-6-12(13)14/h4-11H,1-3H3,(H,17,18). The first kappa shape index (κ1) is 12.6. The highest BCUT2D eigenvalue weighted by atomic mass is 16.1. The van der Waals surface area contributed by atoms with E-state index in [2.05, 4.69) is 24.1 Å². The predicted molar refractivity (Wildman–Crippen MR) is 73.5 cm³/mol. The van der Waals surface area contributed by atoms with Gasteiger partial charge in [-0.2, -0.15) is 0 Å². The molecule has 1 aromatic carbocycles. The van der Waals surface area contributed by atoms with Crippen LogP contribution in [0.2, 0.25) is 0 Å². The maximum atomic E-state index is 12.2. The molecule has 0 radical (unpaired) electrons. The second kappa shape index (κ2) is 5.17. The second-order valence-electron chi connectivity index (χ2n) is 4.88. The maximum Gasteiger partial charge on any atom is 0.252 e. The van der Waals surface area contributed by atoms with E-state index in [-0.39, 0.29) is 11.9 Å². The van der Waals surface area contributed by atoms with Crippen molar-refractivity contribution in [2.45, 2.75) is 26.8 Å². The van der Waals surface area contributed by atoms with Gasteiger partial charge in [0.05, 0.1) is 11.1 Å². The molecule has 0 aliphatic rings. The quantitative estimate of drug-likeness (QED) is 0.899. The molecule has 1 aromatic heterocycles. The Kier molecular flexibility index (Phi) is 3.60. The molecule has 0 saturated carbocycles. The number of carbonyl (C=O) groups excluding carboxylic acids is 1. The van der Waals surface area contributed by atoms with Gasteiger partial charge in [0.25, 0.3) is 5.91 Å². The van der Waals surface area contributed by atoms with Gasteiger partial charge in [0.15, 0.2) is 0 Å². The van der Waals surface area contributed by atoms with Gasteiger partial charge in [-0.25, -0.2) is 0 Å². The Bertz CT molecular complexity index is 558. The lowest BCUT2D eigenvalue weighted by Crippen LogP contribution is -2.36. The van der Waals surface area contributed by atoms with Crippen molar-refractivity contribution in [3.63, 3.8) is 0 Å². The smallest absolute Gasteiger partial charge is 0.252 e. The van der Waals surface area contributed by atoms with Gasteiger partial charge in [-0.3, -0.25) is 9.78 Å². The number of nitrogens with one attached hydrogen (secondary N) is 1. The van der Waals surface area contributed by atoms with Crippen molar-refractivity contribution >= 4 is 16.8 Å². The molecule has 3 nitrogen and oxygen atoms in total. The van der Waals surface area contributed by atoms with E-state index in [9.17, 15) is 4.79 Å². The monoisotopic (exact) mass is 242 g/mol. The lowest BCUT2D eigenvalue weighted by atomic mass is 10.0. The number of pyridine rings is 1. The minimum Gasteiger partial charge on any atom is -0.349 e. The predicted octanol–water partition coefficient (Wildman–Crippen LogP) is 3.01. The molecule has 0 bridgehead atoms. The molecule has 1 atom stereocenters. The molecule has 0 spiro atoms. The number of para-hydroxylation sites is 1. The Balaban J connectivity index is 2.33. The molecule has 0 aliphatic carbocycles. The van der Waals surface area contributed by atoms with Gasteiger partial charge < -0.3 is 5.32 Å². The average molecular weight is 242 g/mol. The molecule has 0 aliphatic heterocycles. The van der Waals surface area contributed by atoms with E-state index in [0.29, 0.717) is 11.5 Å². The number of nitrogens with zero attached hydrogens (tertiary/aromatic N) is 1. The van der Waals surface area contributed by atoms with Crippen molar-refractivity contribution < 1.29 is 4.79 Å². The lowest BCUT2D eigenvalue weighted by Gasteiger charge is -2.17. The van der Waals surface area contributed by atoms with E-state index in [1.807, 2.05) is 31.2 Å². The molecule has 18 heavy (non-hydrogen) atoms. The summed E-state index contributed by atoms with van der Waals surface area (Å²) in [6, 6.07) is 9.62. The topological polar surface area (TPSA) is 42.0 Å². The Morgan fingerprint density at radius 1 is 1.17 bits per heavy atom. The van der Waals surface area contributed by atoms with Crippen molar-refractivity contribution in [1.29, 1.82) is 0 Å². The second-order valence-corrected chi connectivity index (χ2v) is 4.88. The Labute approximate surface area is 107 Å². The maximum absolute atomic E-state index is 12.2. The first-order valence-corrected chi connectivity index (χ1v) is 6.24. The molecule has 2 aromatic rings. The van der Waals surface area contributed by atoms with Crippen LogP contribution in [0.3, 0.4) is 0 Å². The summed E-state index contributed by atoms with van der Waals surface area (Å²) in [5.74, 6) is 0.386. The van der Waals surface area contributed by atoms with E-state index in [1.54, 1.807) is 12.3 Å². The Morgan fingerprint density at radius 3 is 2.61 bits per heavy atom. The molecule has 1 unspecified atom stereocenters. The van der Waals surface area contributed by atoms with Crippen LogP contribution in [-0.2, 0) is 0 Å². The van der Waals surface area contributed by atoms with E-state index in [4.69, 9.17) is 0 Å². The van der Waals surface area contributed by atoms with Crippen LogP contribution in [0.5, 0.6) is 0 Å². The number of hydrogen-bond donors (Lipinski definition) is 1. The molecule has 0 saturated heterocycles. The van der Waals surface area contributed by atoms with Crippen molar-refractivity contribution in [3.05, 3.63) is 42.1 Å². The van der Waals surface area contributed by atoms with Gasteiger partial charge in [-0.05, 0) is 25.0 Å². The third-order valence-electron chi connectivity index (χ3n) is 3.25. The highest BCUT2D eigenvalue weighted by molar-refractivity contribution is 6.06. The molecule has 3 heteroatoms. The summed E-state index contributed by atoms with van der Waals surface area (Å²) in [5.41, 5.74) is 1.54. The van der Waals surface area contributed by atoms with Crippen molar-refractivity contribution in [2.24, 2.45) is 5.92 Å². The summed E-state index contributed by atoms with van der Waals surface area (Å²) in [5, 5.41) is 3.92. The van der Waals surface area contributed by atoms with Crippen LogP contribution >= 0.6 is 0 Å². The van der Waals surface area contributed by atoms with Crippen LogP contribution < -0.4 is 5.32 Å². The number of aromatic nitrogens is 1. The molecule has 0 fully saturated rings. The molecule has 1 amide bonds. The molecular weight excluding hydrogens is 224 g/mol. The first-order chi connectivity index (χ1) is 8.59. The molecule has 94 valence electrons. The summed E-state index contributed by atoms with van der Waals surface area (Å²) in [4.78, 5) is 16.5. The van der Waals surface area contributed by atoms with E-state index in [0.717, 1.165) is 10.9 Å². The fourth-order valence-electron chi connectivity index (χ4n) is 1.75. The molecule has 2 rings (SSSR count). The van der Waals surface area contributed by atoms with Crippen LogP contribution in [0.4, 0.5) is 0 Å². The van der Waals surface area contributed by atoms with E-state index >= 15 is 0 Å². The largest absolute Gasteiger partial charge is 0.349 e. The summed E-state index contributed by atoms with van der Waals surface area (Å²) in [7, 11) is 0. The zero-order chi connectivity index (χ0) is 13.1. The van der Waals surface area contributed by atoms with Crippen LogP contribution in [-0.4, -0.2) is 16.9 Å². The molecule has 1 N–H and O–H groups in total. The number of rotatable bonds is 3. The summed E-state index contributed by atoms with van der Waals surface area (Å²) < 4.78 is 0. The van der Waals surface area contributed by atoms with Crippen molar-refractivity contribution in [1.82, 2.24) is 10.3 Å². The zero-order valence-electron chi connectivity index (χ0n) is 11.0. The molecular formula is C15H18N2O. The highest BCUT2D eigenvalue weighted by Crippen LogP contribution is 2.16. The zero-order valence-corrected chi connectivity index (χ0v) is 11.0. The van der Waals surface area contributed by atoms with Gasteiger partial charge in [0, 0.05) is 17.6 Å². The minimum atomic E-state index is -0.0326. The van der Waals surface area contributed by atoms with E-state index in [1.165, 1.54) is 0 Å². The van der Waals surface area contributed by atoms with Crippen LogP contribution in [0.25, 0.3) is 10.9 Å². The average Bonchev–Trinajstić information content (AvgIpc) is 2.37. The molecule has 1 heterocycles. The number of carbonyl (C=O) groups is 1. The number of amides is 1. The number of hydrogen-bond acceptors (Lipinski definition) is 2. The minimum absolute atomic E-state index is 0.0326. The van der Waals surface area contributed by atoms with Crippen LogP contribution in [0.1, 0.15) is 31.1 Å².